The first-order chi connectivity index (χ1) is 11.5. The maximum absolute atomic E-state index is 13.7. The average molecular weight is 333 g/mol. The third-order valence-electron chi connectivity index (χ3n) is 3.13. The number of aliphatic imine (C=N–C) groups is 1. The van der Waals surface area contributed by atoms with Crippen molar-refractivity contribution in [3.05, 3.63) is 71.2 Å². The Kier molecular flexibility index (Phi) is 4.33. The van der Waals surface area contributed by atoms with Gasteiger partial charge < -0.3 is 9.47 Å². The third-order valence-corrected chi connectivity index (χ3v) is 3.13. The lowest BCUT2D eigenvalue weighted by Crippen LogP contribution is -2.07. The highest BCUT2D eigenvalue weighted by Gasteiger charge is 2.25. The second-order valence-electron chi connectivity index (χ2n) is 4.76. The smallest absolute Gasteiger partial charge is 0.387 e. The van der Waals surface area contributed by atoms with E-state index in [2.05, 4.69) is 9.73 Å². The van der Waals surface area contributed by atoms with Gasteiger partial charge in [0, 0.05) is 0 Å². The number of carbonyl (C=O) groups is 1. The van der Waals surface area contributed by atoms with Crippen LogP contribution in [0.4, 0.5) is 13.2 Å². The molecule has 0 fully saturated rings. The van der Waals surface area contributed by atoms with Crippen LogP contribution < -0.4 is 4.74 Å². The molecular formula is C17H10F3NO3. The standard InChI is InChI=1S/C17H10F3NO3/c18-13-4-2-1-3-12(13)15-21-14(16(22)24-15)9-10-5-7-11(8-6-10)23-17(19)20/h1-9,17H/b14-9+. The molecule has 0 N–H and O–H groups in total. The van der Waals surface area contributed by atoms with E-state index in [0.29, 0.717) is 5.56 Å². The van der Waals surface area contributed by atoms with Crippen LogP contribution in [0.15, 0.2) is 59.2 Å². The van der Waals surface area contributed by atoms with Crippen molar-refractivity contribution < 1.29 is 27.4 Å². The van der Waals surface area contributed by atoms with Crippen LogP contribution in [0.1, 0.15) is 11.1 Å². The largest absolute Gasteiger partial charge is 0.435 e. The first-order valence-electron chi connectivity index (χ1n) is 6.85. The molecular weight excluding hydrogens is 323 g/mol. The topological polar surface area (TPSA) is 47.9 Å². The zero-order valence-electron chi connectivity index (χ0n) is 12.1. The molecule has 1 heterocycles. The lowest BCUT2D eigenvalue weighted by atomic mass is 10.2. The Morgan fingerprint density at radius 1 is 1.08 bits per heavy atom. The Morgan fingerprint density at radius 3 is 2.46 bits per heavy atom. The van der Waals surface area contributed by atoms with E-state index in [0.717, 1.165) is 0 Å². The molecule has 122 valence electrons. The predicted molar refractivity (Wildman–Crippen MR) is 80.1 cm³/mol. The van der Waals surface area contributed by atoms with Crippen molar-refractivity contribution in [3.8, 4) is 5.75 Å². The molecule has 4 nitrogen and oxygen atoms in total. The van der Waals surface area contributed by atoms with E-state index in [-0.39, 0.29) is 22.9 Å². The number of nitrogens with zero attached hydrogens (tertiary/aromatic N) is 1. The zero-order valence-corrected chi connectivity index (χ0v) is 12.1. The summed E-state index contributed by atoms with van der Waals surface area (Å²) in [7, 11) is 0. The maximum atomic E-state index is 13.7. The van der Waals surface area contributed by atoms with Gasteiger partial charge >= 0.3 is 12.6 Å². The number of halogens is 3. The fraction of sp³-hybridized carbons (Fsp3) is 0.0588. The van der Waals surface area contributed by atoms with Crippen molar-refractivity contribution in [1.29, 1.82) is 0 Å². The predicted octanol–water partition coefficient (Wildman–Crippen LogP) is 3.77. The molecule has 1 aliphatic rings. The summed E-state index contributed by atoms with van der Waals surface area (Å²) in [5.74, 6) is -1.40. The summed E-state index contributed by atoms with van der Waals surface area (Å²) in [5.41, 5.74) is 0.591. The van der Waals surface area contributed by atoms with Crippen LogP contribution in [0, 0.1) is 5.82 Å². The van der Waals surface area contributed by atoms with Crippen LogP contribution in [0.3, 0.4) is 0 Å². The number of hydrogen-bond acceptors (Lipinski definition) is 4. The molecule has 2 aromatic carbocycles. The van der Waals surface area contributed by atoms with E-state index in [1.807, 2.05) is 0 Å². The molecule has 0 unspecified atom stereocenters. The maximum Gasteiger partial charge on any atom is 0.387 e. The molecule has 0 amide bonds. The molecule has 0 aromatic heterocycles. The van der Waals surface area contributed by atoms with Gasteiger partial charge in [-0.05, 0) is 35.9 Å². The second kappa shape index (κ2) is 6.57. The highest BCUT2D eigenvalue weighted by Crippen LogP contribution is 2.22. The van der Waals surface area contributed by atoms with Gasteiger partial charge in [0.25, 0.3) is 0 Å². The van der Waals surface area contributed by atoms with Crippen molar-refractivity contribution >= 4 is 17.9 Å². The molecule has 7 heteroatoms. The number of cyclic esters (lactones) is 1. The molecule has 1 aliphatic heterocycles. The summed E-state index contributed by atoms with van der Waals surface area (Å²) in [5, 5.41) is 0. The minimum absolute atomic E-state index is 0.00306. The van der Waals surface area contributed by atoms with Crippen LogP contribution in [0.2, 0.25) is 0 Å². The van der Waals surface area contributed by atoms with Crippen LogP contribution >= 0.6 is 0 Å². The van der Waals surface area contributed by atoms with E-state index < -0.39 is 18.4 Å². The number of esters is 1. The van der Waals surface area contributed by atoms with Gasteiger partial charge in [-0.2, -0.15) is 8.78 Å². The number of benzene rings is 2. The summed E-state index contributed by atoms with van der Waals surface area (Å²) in [4.78, 5) is 15.8. The monoisotopic (exact) mass is 333 g/mol. The minimum Gasteiger partial charge on any atom is -0.435 e. The number of carbonyl (C=O) groups excluding carboxylic acids is 1. The van der Waals surface area contributed by atoms with Crippen molar-refractivity contribution in [2.45, 2.75) is 6.61 Å². The lowest BCUT2D eigenvalue weighted by Gasteiger charge is -2.03. The van der Waals surface area contributed by atoms with Gasteiger partial charge in [0.2, 0.25) is 5.90 Å². The molecule has 0 spiro atoms. The Hall–Kier alpha value is -3.09. The Balaban J connectivity index is 1.85. The molecule has 0 saturated heterocycles. The van der Waals surface area contributed by atoms with Crippen LogP contribution in [0.25, 0.3) is 6.08 Å². The highest BCUT2D eigenvalue weighted by molar-refractivity contribution is 6.12. The van der Waals surface area contributed by atoms with Crippen LogP contribution in [-0.2, 0) is 9.53 Å². The third kappa shape index (κ3) is 3.45. The molecule has 2 aromatic rings. The summed E-state index contributed by atoms with van der Waals surface area (Å²) in [6.45, 7) is -2.91. The molecule has 3 rings (SSSR count). The van der Waals surface area contributed by atoms with Crippen LogP contribution in [0.5, 0.6) is 5.75 Å². The first-order valence-corrected chi connectivity index (χ1v) is 6.85. The van der Waals surface area contributed by atoms with E-state index in [1.165, 1.54) is 48.5 Å². The fourth-order valence-electron chi connectivity index (χ4n) is 2.06. The Morgan fingerprint density at radius 2 is 1.79 bits per heavy atom. The molecule has 0 radical (unpaired) electrons. The average Bonchev–Trinajstić information content (AvgIpc) is 2.90. The van der Waals surface area contributed by atoms with Gasteiger partial charge in [-0.25, -0.2) is 14.2 Å². The summed E-state index contributed by atoms with van der Waals surface area (Å²) >= 11 is 0. The molecule has 0 aliphatic carbocycles. The molecule has 0 saturated carbocycles. The lowest BCUT2D eigenvalue weighted by molar-refractivity contribution is -0.129. The van der Waals surface area contributed by atoms with Crippen molar-refractivity contribution in [2.75, 3.05) is 0 Å². The SMILES string of the molecule is O=C1OC(c2ccccc2F)=N/C1=C/c1ccc(OC(F)F)cc1. The number of hydrogen-bond donors (Lipinski definition) is 0. The highest BCUT2D eigenvalue weighted by atomic mass is 19.3. The van der Waals surface area contributed by atoms with Gasteiger partial charge in [0.1, 0.15) is 11.6 Å². The van der Waals surface area contributed by atoms with Gasteiger partial charge in [0.05, 0.1) is 5.56 Å². The summed E-state index contributed by atoms with van der Waals surface area (Å²) in [6.07, 6.45) is 1.41. The number of alkyl halides is 2. The van der Waals surface area contributed by atoms with E-state index in [4.69, 9.17) is 4.74 Å². The summed E-state index contributed by atoms with van der Waals surface area (Å²) < 4.78 is 47.1. The fourth-order valence-corrected chi connectivity index (χ4v) is 2.06. The van der Waals surface area contributed by atoms with Crippen molar-refractivity contribution in [2.24, 2.45) is 4.99 Å². The zero-order chi connectivity index (χ0) is 17.1. The number of rotatable bonds is 4. The Bertz CT molecular complexity index is 829. The summed E-state index contributed by atoms with van der Waals surface area (Å²) in [6, 6.07) is 11.4. The Labute approximate surface area is 134 Å². The van der Waals surface area contributed by atoms with Crippen LogP contribution in [-0.4, -0.2) is 18.5 Å². The second-order valence-corrected chi connectivity index (χ2v) is 4.76. The van der Waals surface area contributed by atoms with E-state index in [9.17, 15) is 18.0 Å². The molecule has 24 heavy (non-hydrogen) atoms. The van der Waals surface area contributed by atoms with Crippen molar-refractivity contribution in [3.63, 3.8) is 0 Å². The van der Waals surface area contributed by atoms with Gasteiger partial charge in [0.15, 0.2) is 5.70 Å². The van der Waals surface area contributed by atoms with E-state index in [1.54, 1.807) is 6.07 Å². The number of ether oxygens (including phenoxy) is 2. The quantitative estimate of drug-likeness (QED) is 0.632. The van der Waals surface area contributed by atoms with Gasteiger partial charge in [-0.15, -0.1) is 0 Å². The van der Waals surface area contributed by atoms with Crippen molar-refractivity contribution in [1.82, 2.24) is 0 Å². The minimum atomic E-state index is -2.91. The van der Waals surface area contributed by atoms with Gasteiger partial charge in [-0.3, -0.25) is 0 Å². The molecule has 0 bridgehead atoms. The van der Waals surface area contributed by atoms with Gasteiger partial charge in [-0.1, -0.05) is 24.3 Å². The first kappa shape index (κ1) is 15.8. The normalized spacial score (nSPS) is 15.6. The molecule has 0 atom stereocenters. The van der Waals surface area contributed by atoms with E-state index >= 15 is 0 Å².